The first-order valence-electron chi connectivity index (χ1n) is 8.18. The molecule has 25 heavy (non-hydrogen) atoms. The Morgan fingerprint density at radius 2 is 1.88 bits per heavy atom. The summed E-state index contributed by atoms with van der Waals surface area (Å²) in [5.41, 5.74) is 3.98. The van der Waals surface area contributed by atoms with Gasteiger partial charge in [-0.3, -0.25) is 9.89 Å². The smallest absolute Gasteiger partial charge is 0.273 e. The van der Waals surface area contributed by atoms with Crippen LogP contribution >= 0.6 is 0 Å². The standard InChI is InChI=1S/C20H21N3O2/c1-13(2)14-7-9-16(10-8-14)21-20(24)19-12-18(22-23-19)15-5-4-6-17(11-15)25-3/h4-13H,1-3H3,(H,21,24)(H,22,23). The van der Waals surface area contributed by atoms with Gasteiger partial charge in [0.1, 0.15) is 11.4 Å². The number of nitrogens with zero attached hydrogens (tertiary/aromatic N) is 1. The predicted molar refractivity (Wildman–Crippen MR) is 99.1 cm³/mol. The number of methoxy groups -OCH3 is 1. The SMILES string of the molecule is COc1cccc(-c2cc(C(=O)Nc3ccc(C(C)C)cc3)[nH]n2)c1. The van der Waals surface area contributed by atoms with Gasteiger partial charge in [-0.15, -0.1) is 0 Å². The number of carbonyl (C=O) groups excluding carboxylic acids is 1. The largest absolute Gasteiger partial charge is 0.497 e. The second-order valence-electron chi connectivity index (χ2n) is 6.13. The van der Waals surface area contributed by atoms with E-state index in [1.165, 1.54) is 5.56 Å². The molecular formula is C20H21N3O2. The van der Waals surface area contributed by atoms with Crippen molar-refractivity contribution < 1.29 is 9.53 Å². The number of aromatic nitrogens is 2. The van der Waals surface area contributed by atoms with E-state index in [0.29, 0.717) is 17.3 Å². The molecule has 3 rings (SSSR count). The molecule has 0 atom stereocenters. The number of carbonyl (C=O) groups is 1. The monoisotopic (exact) mass is 335 g/mol. The number of nitrogens with one attached hydrogen (secondary N) is 2. The number of anilines is 1. The number of aromatic amines is 1. The maximum Gasteiger partial charge on any atom is 0.273 e. The molecule has 0 saturated heterocycles. The van der Waals surface area contributed by atoms with Crippen molar-refractivity contribution in [1.29, 1.82) is 0 Å². The molecule has 2 aromatic carbocycles. The lowest BCUT2D eigenvalue weighted by molar-refractivity contribution is 0.102. The van der Waals surface area contributed by atoms with Gasteiger partial charge in [0, 0.05) is 11.3 Å². The number of benzene rings is 2. The van der Waals surface area contributed by atoms with Gasteiger partial charge in [-0.25, -0.2) is 0 Å². The third-order valence-corrected chi connectivity index (χ3v) is 4.02. The van der Waals surface area contributed by atoms with E-state index in [-0.39, 0.29) is 5.91 Å². The molecule has 1 heterocycles. The fraction of sp³-hybridized carbons (Fsp3) is 0.200. The summed E-state index contributed by atoms with van der Waals surface area (Å²) in [6.45, 7) is 4.27. The van der Waals surface area contributed by atoms with Gasteiger partial charge in [-0.2, -0.15) is 5.10 Å². The number of rotatable bonds is 5. The van der Waals surface area contributed by atoms with Crippen molar-refractivity contribution in [2.75, 3.05) is 12.4 Å². The Balaban J connectivity index is 1.74. The van der Waals surface area contributed by atoms with Crippen LogP contribution in [0.2, 0.25) is 0 Å². The van der Waals surface area contributed by atoms with Crippen LogP contribution in [0.4, 0.5) is 5.69 Å². The van der Waals surface area contributed by atoms with Crippen molar-refractivity contribution in [2.45, 2.75) is 19.8 Å². The highest BCUT2D eigenvalue weighted by atomic mass is 16.5. The summed E-state index contributed by atoms with van der Waals surface area (Å²) in [5, 5.41) is 9.89. The molecule has 5 nitrogen and oxygen atoms in total. The first-order valence-corrected chi connectivity index (χ1v) is 8.18. The zero-order valence-corrected chi connectivity index (χ0v) is 14.5. The molecule has 1 aromatic heterocycles. The van der Waals surface area contributed by atoms with Crippen molar-refractivity contribution in [1.82, 2.24) is 10.2 Å². The van der Waals surface area contributed by atoms with Crippen molar-refractivity contribution in [3.05, 3.63) is 65.9 Å². The van der Waals surface area contributed by atoms with Crippen LogP contribution in [0.5, 0.6) is 5.75 Å². The lowest BCUT2D eigenvalue weighted by Crippen LogP contribution is -2.12. The molecule has 128 valence electrons. The van der Waals surface area contributed by atoms with E-state index in [9.17, 15) is 4.79 Å². The maximum absolute atomic E-state index is 12.4. The summed E-state index contributed by atoms with van der Waals surface area (Å²) >= 11 is 0. The highest BCUT2D eigenvalue weighted by Crippen LogP contribution is 2.23. The Morgan fingerprint density at radius 1 is 1.12 bits per heavy atom. The Labute approximate surface area is 147 Å². The molecule has 0 aliphatic heterocycles. The van der Waals surface area contributed by atoms with E-state index >= 15 is 0 Å². The molecule has 0 spiro atoms. The zero-order valence-electron chi connectivity index (χ0n) is 14.5. The molecule has 0 aliphatic carbocycles. The number of amides is 1. The van der Waals surface area contributed by atoms with Gasteiger partial charge in [0.05, 0.1) is 12.8 Å². The van der Waals surface area contributed by atoms with E-state index in [4.69, 9.17) is 4.74 Å². The van der Waals surface area contributed by atoms with Crippen LogP contribution in [-0.4, -0.2) is 23.2 Å². The minimum absolute atomic E-state index is 0.223. The van der Waals surface area contributed by atoms with E-state index in [0.717, 1.165) is 17.0 Å². The molecule has 0 saturated carbocycles. The van der Waals surface area contributed by atoms with E-state index < -0.39 is 0 Å². The van der Waals surface area contributed by atoms with Crippen LogP contribution in [0.3, 0.4) is 0 Å². The average Bonchev–Trinajstić information content (AvgIpc) is 3.12. The van der Waals surface area contributed by atoms with Crippen molar-refractivity contribution in [3.63, 3.8) is 0 Å². The fourth-order valence-corrected chi connectivity index (χ4v) is 2.52. The summed E-state index contributed by atoms with van der Waals surface area (Å²) in [6, 6.07) is 17.1. The third kappa shape index (κ3) is 3.88. The van der Waals surface area contributed by atoms with Gasteiger partial charge >= 0.3 is 0 Å². The molecular weight excluding hydrogens is 314 g/mol. The van der Waals surface area contributed by atoms with Crippen LogP contribution in [-0.2, 0) is 0 Å². The first-order chi connectivity index (χ1) is 12.1. The van der Waals surface area contributed by atoms with Crippen molar-refractivity contribution in [2.24, 2.45) is 0 Å². The summed E-state index contributed by atoms with van der Waals surface area (Å²) in [5.74, 6) is 0.985. The molecule has 0 aliphatic rings. The maximum atomic E-state index is 12.4. The second-order valence-corrected chi connectivity index (χ2v) is 6.13. The van der Waals surface area contributed by atoms with E-state index in [2.05, 4.69) is 29.4 Å². The molecule has 1 amide bonds. The topological polar surface area (TPSA) is 67.0 Å². The summed E-state index contributed by atoms with van der Waals surface area (Å²) in [6.07, 6.45) is 0. The summed E-state index contributed by atoms with van der Waals surface area (Å²) in [4.78, 5) is 12.4. The Morgan fingerprint density at radius 3 is 2.56 bits per heavy atom. The van der Waals surface area contributed by atoms with Crippen LogP contribution in [0, 0.1) is 0 Å². The summed E-state index contributed by atoms with van der Waals surface area (Å²) in [7, 11) is 1.62. The zero-order chi connectivity index (χ0) is 17.8. The van der Waals surface area contributed by atoms with Crippen LogP contribution in [0.1, 0.15) is 35.8 Å². The lowest BCUT2D eigenvalue weighted by Gasteiger charge is -2.07. The van der Waals surface area contributed by atoms with E-state index in [1.807, 2.05) is 48.5 Å². The Bertz CT molecular complexity index is 867. The first kappa shape index (κ1) is 16.8. The molecule has 0 fully saturated rings. The average molecular weight is 335 g/mol. The number of H-pyrrole nitrogens is 1. The van der Waals surface area contributed by atoms with E-state index in [1.54, 1.807) is 13.2 Å². The van der Waals surface area contributed by atoms with Crippen LogP contribution in [0.25, 0.3) is 11.3 Å². The highest BCUT2D eigenvalue weighted by Gasteiger charge is 2.12. The van der Waals surface area contributed by atoms with Gasteiger partial charge < -0.3 is 10.1 Å². The molecule has 2 N–H and O–H groups in total. The number of hydrogen-bond donors (Lipinski definition) is 2. The molecule has 3 aromatic rings. The lowest BCUT2D eigenvalue weighted by atomic mass is 10.0. The predicted octanol–water partition coefficient (Wildman–Crippen LogP) is 4.46. The van der Waals surface area contributed by atoms with Gasteiger partial charge in [-0.1, -0.05) is 38.1 Å². The van der Waals surface area contributed by atoms with Gasteiger partial charge in [-0.05, 0) is 41.8 Å². The quantitative estimate of drug-likeness (QED) is 0.723. The number of hydrogen-bond acceptors (Lipinski definition) is 3. The van der Waals surface area contributed by atoms with Gasteiger partial charge in [0.25, 0.3) is 5.91 Å². The third-order valence-electron chi connectivity index (χ3n) is 4.02. The Hall–Kier alpha value is -3.08. The molecule has 5 heteroatoms. The van der Waals surface area contributed by atoms with Gasteiger partial charge in [0.15, 0.2) is 0 Å². The van der Waals surface area contributed by atoms with Crippen LogP contribution < -0.4 is 10.1 Å². The highest BCUT2D eigenvalue weighted by molar-refractivity contribution is 6.03. The van der Waals surface area contributed by atoms with Crippen molar-refractivity contribution >= 4 is 11.6 Å². The normalized spacial score (nSPS) is 10.7. The minimum atomic E-state index is -0.223. The fourth-order valence-electron chi connectivity index (χ4n) is 2.52. The second kappa shape index (κ2) is 7.21. The Kier molecular flexibility index (Phi) is 4.84. The molecule has 0 unspecified atom stereocenters. The van der Waals surface area contributed by atoms with Crippen molar-refractivity contribution in [3.8, 4) is 17.0 Å². The molecule has 0 radical (unpaired) electrons. The minimum Gasteiger partial charge on any atom is -0.497 e. The summed E-state index contributed by atoms with van der Waals surface area (Å²) < 4.78 is 5.22. The van der Waals surface area contributed by atoms with Gasteiger partial charge in [0.2, 0.25) is 0 Å². The number of ether oxygens (including phenoxy) is 1. The molecule has 0 bridgehead atoms. The van der Waals surface area contributed by atoms with Crippen LogP contribution in [0.15, 0.2) is 54.6 Å².